The number of methoxy groups -OCH3 is 2. The van der Waals surface area contributed by atoms with E-state index in [1.807, 2.05) is 26.0 Å². The SMILES string of the molecule is C.CCOC1=CC(=O)C(CCCOC(=O)Nc2cc3ccc(OC)cc3oc2=O)CC1.CCOC1=CC(=O)C(CCCOC(=O)c2ccccc2NC)CC1.COc1ccc2cc(C(=O)O)c(=O)oc2c1.O=c1[nH]c2ccccc2c(=O)o1. The zero-order chi connectivity index (χ0) is 59.1. The summed E-state index contributed by atoms with van der Waals surface area (Å²) in [6.45, 7) is 5.41. The lowest BCUT2D eigenvalue weighted by Gasteiger charge is -2.20. The number of anilines is 2. The number of esters is 1. The number of ketones is 2. The number of carbonyl (C=O) groups is 5. The first-order valence-corrected chi connectivity index (χ1v) is 26.3. The van der Waals surface area contributed by atoms with Crippen molar-refractivity contribution in [2.45, 2.75) is 72.6 Å². The van der Waals surface area contributed by atoms with Crippen LogP contribution in [-0.2, 0) is 28.5 Å². The van der Waals surface area contributed by atoms with Crippen LogP contribution in [0.15, 0.2) is 153 Å². The molecule has 2 unspecified atom stereocenters. The van der Waals surface area contributed by atoms with Crippen LogP contribution >= 0.6 is 0 Å². The number of rotatable bonds is 18. The van der Waals surface area contributed by atoms with Gasteiger partial charge in [-0.2, -0.15) is 0 Å². The van der Waals surface area contributed by atoms with Crippen LogP contribution < -0.4 is 42.7 Å². The van der Waals surface area contributed by atoms with E-state index in [1.54, 1.807) is 85.9 Å². The van der Waals surface area contributed by atoms with Crippen molar-refractivity contribution in [1.29, 1.82) is 0 Å². The molecule has 4 aromatic carbocycles. The van der Waals surface area contributed by atoms with E-state index in [0.717, 1.165) is 49.3 Å². The lowest BCUT2D eigenvalue weighted by molar-refractivity contribution is -0.120. The molecule has 9 rings (SSSR count). The maximum Gasteiger partial charge on any atom is 0.419 e. The summed E-state index contributed by atoms with van der Waals surface area (Å²) >= 11 is 0. The van der Waals surface area contributed by atoms with Crippen LogP contribution in [0.3, 0.4) is 0 Å². The van der Waals surface area contributed by atoms with Crippen molar-refractivity contribution in [3.63, 3.8) is 0 Å². The summed E-state index contributed by atoms with van der Waals surface area (Å²) in [6, 6.07) is 26.6. The molecule has 2 atom stereocenters. The number of carboxylic acids is 1. The Labute approximate surface area is 476 Å². The van der Waals surface area contributed by atoms with Crippen LogP contribution in [-0.4, -0.2) is 87.4 Å². The van der Waals surface area contributed by atoms with Gasteiger partial charge in [-0.25, -0.2) is 33.6 Å². The number of allylic oxidation sites excluding steroid dienone is 4. The molecule has 3 aromatic heterocycles. The van der Waals surface area contributed by atoms with Crippen LogP contribution in [0.4, 0.5) is 16.2 Å². The number of benzene rings is 4. The number of carbonyl (C=O) groups excluding carboxylic acids is 4. The van der Waals surface area contributed by atoms with E-state index in [0.29, 0.717) is 89.0 Å². The first-order chi connectivity index (χ1) is 39.5. The number of aromatic nitrogens is 1. The molecule has 3 heterocycles. The van der Waals surface area contributed by atoms with Gasteiger partial charge in [0.25, 0.3) is 0 Å². The van der Waals surface area contributed by atoms with E-state index in [2.05, 4.69) is 20.0 Å². The Morgan fingerprint density at radius 2 is 1.17 bits per heavy atom. The molecule has 22 nitrogen and oxygen atoms in total. The first-order valence-electron chi connectivity index (χ1n) is 26.3. The van der Waals surface area contributed by atoms with Crippen molar-refractivity contribution in [1.82, 2.24) is 4.98 Å². The summed E-state index contributed by atoms with van der Waals surface area (Å²) in [6.07, 6.45) is 8.12. The van der Waals surface area contributed by atoms with E-state index in [-0.39, 0.29) is 54.7 Å². The summed E-state index contributed by atoms with van der Waals surface area (Å²) in [5.74, 6) is 0.374. The number of aromatic amines is 1. The molecule has 7 aromatic rings. The highest BCUT2D eigenvalue weighted by molar-refractivity contribution is 5.96. The Balaban J connectivity index is 0.000000212. The molecule has 0 aliphatic heterocycles. The molecular formula is C61H67N3O19. The number of amides is 1. The molecule has 4 N–H and O–H groups in total. The predicted octanol–water partition coefficient (Wildman–Crippen LogP) is 10.2. The van der Waals surface area contributed by atoms with Gasteiger partial charge in [0.05, 0.1) is 68.6 Å². The van der Waals surface area contributed by atoms with Crippen LogP contribution in [0.5, 0.6) is 11.5 Å². The second-order valence-corrected chi connectivity index (χ2v) is 18.2. The Bertz CT molecular complexity index is 3700. The van der Waals surface area contributed by atoms with Gasteiger partial charge in [-0.05, 0) is 113 Å². The van der Waals surface area contributed by atoms with Crippen molar-refractivity contribution >= 4 is 73.8 Å². The molecule has 83 heavy (non-hydrogen) atoms. The van der Waals surface area contributed by atoms with E-state index < -0.39 is 34.7 Å². The van der Waals surface area contributed by atoms with Gasteiger partial charge >= 0.3 is 40.7 Å². The summed E-state index contributed by atoms with van der Waals surface area (Å²) < 4.78 is 45.7. The number of carboxylic acid groups (broad SMARTS) is 1. The van der Waals surface area contributed by atoms with Gasteiger partial charge in [0.15, 0.2) is 11.6 Å². The van der Waals surface area contributed by atoms with Crippen molar-refractivity contribution < 1.29 is 70.8 Å². The molecule has 0 spiro atoms. The highest BCUT2D eigenvalue weighted by Gasteiger charge is 2.24. The summed E-state index contributed by atoms with van der Waals surface area (Å²) in [7, 11) is 4.78. The van der Waals surface area contributed by atoms with Crippen LogP contribution in [0.25, 0.3) is 32.8 Å². The number of para-hydroxylation sites is 2. The number of aromatic carboxylic acids is 1. The highest BCUT2D eigenvalue weighted by atomic mass is 16.6. The Morgan fingerprint density at radius 1 is 0.627 bits per heavy atom. The van der Waals surface area contributed by atoms with Gasteiger partial charge in [-0.1, -0.05) is 31.7 Å². The second kappa shape index (κ2) is 31.9. The maximum absolute atomic E-state index is 12.1. The number of hydrogen-bond acceptors (Lipinski definition) is 19. The molecule has 2 aliphatic carbocycles. The van der Waals surface area contributed by atoms with Crippen LogP contribution in [0.2, 0.25) is 0 Å². The third-order valence-corrected chi connectivity index (χ3v) is 12.7. The number of ether oxygens (including phenoxy) is 6. The van der Waals surface area contributed by atoms with Gasteiger partial charge in [0, 0.05) is 72.5 Å². The minimum atomic E-state index is -1.30. The molecule has 0 radical (unpaired) electrons. The molecule has 1 amide bonds. The van der Waals surface area contributed by atoms with Crippen molar-refractivity contribution in [2.24, 2.45) is 11.8 Å². The topological polar surface area (TPSA) is 309 Å². The number of H-pyrrole nitrogens is 1. The van der Waals surface area contributed by atoms with E-state index in [9.17, 15) is 43.2 Å². The average Bonchev–Trinajstić information content (AvgIpc) is 3.51. The highest BCUT2D eigenvalue weighted by Crippen LogP contribution is 2.28. The fourth-order valence-electron chi connectivity index (χ4n) is 8.60. The average molecular weight is 1150 g/mol. The zero-order valence-corrected chi connectivity index (χ0v) is 45.8. The standard InChI is InChI=1S/C22H25NO7.C19H25NO4.C11H8O5.C8H5NO3.CH4/c1-3-28-17-9-6-14(19(24)12-17)5-4-10-29-22(26)23-18-11-15-7-8-16(27-2)13-20(15)30-21(18)25;1-3-23-15-11-10-14(18(21)13-15)7-6-12-24-19(22)16-8-4-5-9-17(16)20-2;1-15-7-3-2-6-4-8(10(12)13)11(14)16-9(6)5-7;10-7-5-3-1-2-4-6(5)9-8(11)12-7;/h7-8,11-14H,3-6,9-10H2,1-2H3,(H,23,26);4-5,8-9,13-14,20H,3,6-7,10-12H2,1-2H3;2-5H,1H3,(H,12,13);1-4H,(H,9,11);1H4. The Morgan fingerprint density at radius 3 is 1.72 bits per heavy atom. The molecule has 0 saturated heterocycles. The largest absolute Gasteiger partial charge is 0.498 e. The van der Waals surface area contributed by atoms with Crippen molar-refractivity contribution in [2.75, 3.05) is 58.3 Å². The van der Waals surface area contributed by atoms with Gasteiger partial charge < -0.3 is 52.1 Å². The van der Waals surface area contributed by atoms with Gasteiger partial charge in [-0.15, -0.1) is 0 Å². The van der Waals surface area contributed by atoms with Crippen molar-refractivity contribution in [3.8, 4) is 11.5 Å². The number of nitrogens with one attached hydrogen (secondary N) is 3. The lowest BCUT2D eigenvalue weighted by Crippen LogP contribution is -2.21. The van der Waals surface area contributed by atoms with Gasteiger partial charge in [0.1, 0.15) is 33.9 Å². The van der Waals surface area contributed by atoms with E-state index in [4.69, 9.17) is 42.4 Å². The third kappa shape index (κ3) is 18.7. The normalized spacial score (nSPS) is 14.3. The van der Waals surface area contributed by atoms with Crippen LogP contribution in [0.1, 0.15) is 93.4 Å². The van der Waals surface area contributed by atoms with Gasteiger partial charge in [0.2, 0.25) is 0 Å². The van der Waals surface area contributed by atoms with Crippen molar-refractivity contribution in [3.05, 3.63) is 174 Å². The third-order valence-electron chi connectivity index (χ3n) is 12.7. The second-order valence-electron chi connectivity index (χ2n) is 18.2. The number of hydrogen-bond donors (Lipinski definition) is 4. The molecule has 2 aliphatic rings. The monoisotopic (exact) mass is 1150 g/mol. The molecule has 22 heteroatoms. The summed E-state index contributed by atoms with van der Waals surface area (Å²) in [4.78, 5) is 106. The molecule has 440 valence electrons. The maximum atomic E-state index is 12.1. The van der Waals surface area contributed by atoms with Crippen LogP contribution in [0, 0.1) is 11.8 Å². The number of fused-ring (bicyclic) bond motifs is 3. The molecule has 0 fully saturated rings. The fraction of sp³-hybridized carbons (Fsp3) is 0.328. The molecule has 0 saturated carbocycles. The summed E-state index contributed by atoms with van der Waals surface area (Å²) in [5.41, 5.74) is -0.104. The Hall–Kier alpha value is -9.73. The first kappa shape index (κ1) is 64.1. The summed E-state index contributed by atoms with van der Waals surface area (Å²) in [5, 5.41) is 15.7. The zero-order valence-electron chi connectivity index (χ0n) is 45.8. The Kier molecular flexibility index (Phi) is 24.6. The minimum Gasteiger partial charge on any atom is -0.498 e. The smallest absolute Gasteiger partial charge is 0.419 e. The predicted molar refractivity (Wildman–Crippen MR) is 309 cm³/mol. The quantitative estimate of drug-likeness (QED) is 0.0352. The van der Waals surface area contributed by atoms with Gasteiger partial charge in [-0.3, -0.25) is 19.9 Å². The molecular weight excluding hydrogens is 1080 g/mol. The lowest BCUT2D eigenvalue weighted by atomic mass is 9.88. The van der Waals surface area contributed by atoms with E-state index in [1.165, 1.54) is 32.4 Å². The van der Waals surface area contributed by atoms with E-state index >= 15 is 0 Å². The fourth-order valence-corrected chi connectivity index (χ4v) is 8.60. The minimum absolute atomic E-state index is 0. The molecule has 0 bridgehead atoms.